The number of H-pyrrole nitrogens is 1. The van der Waals surface area contributed by atoms with Crippen LogP contribution in [0.1, 0.15) is 43.2 Å². The summed E-state index contributed by atoms with van der Waals surface area (Å²) in [6.07, 6.45) is 0.968. The van der Waals surface area contributed by atoms with Crippen molar-refractivity contribution in [2.24, 2.45) is 0 Å². The van der Waals surface area contributed by atoms with Gasteiger partial charge < -0.3 is 14.8 Å². The van der Waals surface area contributed by atoms with Crippen molar-refractivity contribution >= 4 is 16.9 Å². The monoisotopic (exact) mass is 261 g/mol. The Morgan fingerprint density at radius 3 is 2.63 bits per heavy atom. The van der Waals surface area contributed by atoms with Gasteiger partial charge in [-0.15, -0.1) is 0 Å². The number of hydrogen-bond acceptors (Lipinski definition) is 2. The number of carboxylic acids is 1. The lowest BCUT2D eigenvalue weighted by Gasteiger charge is -2.24. The fourth-order valence-electron chi connectivity index (χ4n) is 2.24. The molecule has 1 aromatic heterocycles. The normalized spacial score (nSPS) is 11.8. The molecule has 2 N–H and O–H groups in total. The first-order valence-electron chi connectivity index (χ1n) is 6.34. The molecule has 0 fully saturated rings. The Labute approximate surface area is 112 Å². The minimum atomic E-state index is -0.960. The molecule has 0 radical (unpaired) electrons. The average Bonchev–Trinajstić information content (AvgIpc) is 2.82. The van der Waals surface area contributed by atoms with E-state index in [-0.39, 0.29) is 11.1 Å². The molecular formula is C15H19NO3. The van der Waals surface area contributed by atoms with Crippen molar-refractivity contribution in [2.75, 3.05) is 7.11 Å². The summed E-state index contributed by atoms with van der Waals surface area (Å²) in [5, 5.41) is 9.95. The fourth-order valence-corrected chi connectivity index (χ4v) is 2.24. The summed E-state index contributed by atoms with van der Waals surface area (Å²) in [5.41, 5.74) is 2.13. The van der Waals surface area contributed by atoms with Crippen molar-refractivity contribution in [2.45, 2.75) is 32.6 Å². The average molecular weight is 261 g/mol. The second-order valence-electron chi connectivity index (χ2n) is 5.33. The van der Waals surface area contributed by atoms with Crippen LogP contribution in [0, 0.1) is 0 Å². The lowest BCUT2D eigenvalue weighted by Crippen LogP contribution is -2.16. The molecule has 0 unspecified atom stereocenters. The van der Waals surface area contributed by atoms with E-state index < -0.39 is 5.97 Å². The number of nitrogens with one attached hydrogen (secondary N) is 1. The third-order valence-corrected chi connectivity index (χ3v) is 3.82. The first-order chi connectivity index (χ1) is 8.90. The van der Waals surface area contributed by atoms with Crippen LogP contribution < -0.4 is 4.74 Å². The van der Waals surface area contributed by atoms with Gasteiger partial charge in [-0.1, -0.05) is 26.8 Å². The molecule has 2 rings (SSSR count). The fraction of sp³-hybridized carbons (Fsp3) is 0.400. The van der Waals surface area contributed by atoms with E-state index in [0.717, 1.165) is 22.9 Å². The quantitative estimate of drug-likeness (QED) is 0.884. The van der Waals surface area contributed by atoms with Crippen LogP contribution in [0.25, 0.3) is 10.9 Å². The maximum Gasteiger partial charge on any atom is 0.352 e. The number of carbonyl (C=O) groups is 1. The predicted octanol–water partition coefficient (Wildman–Crippen LogP) is 3.56. The summed E-state index contributed by atoms with van der Waals surface area (Å²) >= 11 is 0. The van der Waals surface area contributed by atoms with Crippen LogP contribution in [0.5, 0.6) is 5.75 Å². The van der Waals surface area contributed by atoms with Gasteiger partial charge in [0.05, 0.1) is 12.6 Å². The van der Waals surface area contributed by atoms with Gasteiger partial charge in [-0.25, -0.2) is 4.79 Å². The Morgan fingerprint density at radius 2 is 2.11 bits per heavy atom. The second-order valence-corrected chi connectivity index (χ2v) is 5.33. The van der Waals surface area contributed by atoms with E-state index in [1.54, 1.807) is 13.2 Å². The minimum absolute atomic E-state index is 0.0227. The number of aromatic nitrogens is 1. The van der Waals surface area contributed by atoms with Crippen LogP contribution in [0.2, 0.25) is 0 Å². The zero-order valence-corrected chi connectivity index (χ0v) is 11.7. The number of hydrogen-bond donors (Lipinski definition) is 2. The van der Waals surface area contributed by atoms with Crippen molar-refractivity contribution in [3.05, 3.63) is 29.5 Å². The zero-order chi connectivity index (χ0) is 14.2. The Hall–Kier alpha value is -1.97. The van der Waals surface area contributed by atoms with Crippen molar-refractivity contribution in [1.29, 1.82) is 0 Å². The van der Waals surface area contributed by atoms with Crippen LogP contribution in [0.4, 0.5) is 0 Å². The van der Waals surface area contributed by atoms with Gasteiger partial charge in [0.15, 0.2) is 0 Å². The molecule has 1 aromatic carbocycles. The lowest BCUT2D eigenvalue weighted by atomic mass is 9.81. The third-order valence-electron chi connectivity index (χ3n) is 3.82. The number of fused-ring (bicyclic) bond motifs is 1. The first-order valence-corrected chi connectivity index (χ1v) is 6.34. The Kier molecular flexibility index (Phi) is 3.27. The molecule has 102 valence electrons. The molecule has 0 aliphatic heterocycles. The second kappa shape index (κ2) is 4.61. The smallest absolute Gasteiger partial charge is 0.352 e. The number of aromatic amines is 1. The van der Waals surface area contributed by atoms with Crippen LogP contribution >= 0.6 is 0 Å². The van der Waals surface area contributed by atoms with E-state index in [1.807, 2.05) is 12.1 Å². The molecule has 0 saturated heterocycles. The zero-order valence-electron chi connectivity index (χ0n) is 11.7. The molecule has 0 bridgehead atoms. The van der Waals surface area contributed by atoms with Gasteiger partial charge in [0, 0.05) is 5.39 Å². The molecule has 0 atom stereocenters. The van der Waals surface area contributed by atoms with Crippen molar-refractivity contribution < 1.29 is 14.6 Å². The maximum absolute atomic E-state index is 11.1. The van der Waals surface area contributed by atoms with Gasteiger partial charge in [-0.2, -0.15) is 0 Å². The summed E-state index contributed by atoms with van der Waals surface area (Å²) in [5.74, 6) is -0.270. The summed E-state index contributed by atoms with van der Waals surface area (Å²) in [7, 11) is 1.59. The van der Waals surface area contributed by atoms with Gasteiger partial charge in [0.2, 0.25) is 0 Å². The minimum Gasteiger partial charge on any atom is -0.496 e. The standard InChI is InChI=1S/C15H19NO3/c1-5-15(2,3)10-6-7-12(19-4)9-8-11(14(17)18)16-13(9)10/h6-8,16H,5H2,1-4H3,(H,17,18). The predicted molar refractivity (Wildman–Crippen MR) is 75.1 cm³/mol. The molecule has 0 amide bonds. The van der Waals surface area contributed by atoms with E-state index in [1.165, 1.54) is 0 Å². The molecular weight excluding hydrogens is 242 g/mol. The molecule has 0 aliphatic rings. The molecule has 4 nitrogen and oxygen atoms in total. The maximum atomic E-state index is 11.1. The van der Waals surface area contributed by atoms with Crippen LogP contribution in [0.3, 0.4) is 0 Å². The number of benzene rings is 1. The number of methoxy groups -OCH3 is 1. The SMILES string of the molecule is CCC(C)(C)c1ccc(OC)c2cc(C(=O)O)[nH]c12. The highest BCUT2D eigenvalue weighted by Crippen LogP contribution is 2.36. The molecule has 0 aliphatic carbocycles. The number of ether oxygens (including phenoxy) is 1. The Balaban J connectivity index is 2.77. The van der Waals surface area contributed by atoms with Gasteiger partial charge >= 0.3 is 5.97 Å². The first kappa shape index (κ1) is 13.5. The van der Waals surface area contributed by atoms with Crippen molar-refractivity contribution in [3.63, 3.8) is 0 Å². The molecule has 19 heavy (non-hydrogen) atoms. The number of aromatic carboxylic acids is 1. The molecule has 2 aromatic rings. The number of carboxylic acid groups (broad SMARTS) is 1. The van der Waals surface area contributed by atoms with Gasteiger partial charge in [0.25, 0.3) is 0 Å². The molecule has 1 heterocycles. The lowest BCUT2D eigenvalue weighted by molar-refractivity contribution is 0.0691. The van der Waals surface area contributed by atoms with Crippen LogP contribution in [-0.2, 0) is 5.41 Å². The highest BCUT2D eigenvalue weighted by atomic mass is 16.5. The number of rotatable bonds is 4. The van der Waals surface area contributed by atoms with E-state index in [2.05, 4.69) is 25.8 Å². The van der Waals surface area contributed by atoms with Crippen LogP contribution in [-0.4, -0.2) is 23.2 Å². The van der Waals surface area contributed by atoms with Gasteiger partial charge in [0.1, 0.15) is 11.4 Å². The van der Waals surface area contributed by atoms with E-state index in [9.17, 15) is 4.79 Å². The molecule has 0 saturated carbocycles. The third kappa shape index (κ3) is 2.18. The van der Waals surface area contributed by atoms with Crippen molar-refractivity contribution in [1.82, 2.24) is 4.98 Å². The summed E-state index contributed by atoms with van der Waals surface area (Å²) in [4.78, 5) is 14.1. The Morgan fingerprint density at radius 1 is 1.42 bits per heavy atom. The summed E-state index contributed by atoms with van der Waals surface area (Å²) in [6.45, 7) is 6.42. The summed E-state index contributed by atoms with van der Waals surface area (Å²) in [6, 6.07) is 5.53. The van der Waals surface area contributed by atoms with Crippen molar-refractivity contribution in [3.8, 4) is 5.75 Å². The van der Waals surface area contributed by atoms with E-state index in [4.69, 9.17) is 9.84 Å². The molecule has 4 heteroatoms. The summed E-state index contributed by atoms with van der Waals surface area (Å²) < 4.78 is 5.31. The van der Waals surface area contributed by atoms with Gasteiger partial charge in [-0.05, 0) is 29.5 Å². The highest BCUT2D eigenvalue weighted by Gasteiger charge is 2.24. The van der Waals surface area contributed by atoms with E-state index >= 15 is 0 Å². The van der Waals surface area contributed by atoms with E-state index in [0.29, 0.717) is 5.75 Å². The Bertz CT molecular complexity index is 626. The van der Waals surface area contributed by atoms with Gasteiger partial charge in [-0.3, -0.25) is 0 Å². The van der Waals surface area contributed by atoms with Crippen LogP contribution in [0.15, 0.2) is 18.2 Å². The largest absolute Gasteiger partial charge is 0.496 e. The highest BCUT2D eigenvalue weighted by molar-refractivity contribution is 5.97. The molecule has 0 spiro atoms. The topological polar surface area (TPSA) is 62.3 Å².